The minimum Gasteiger partial charge on any atom is -0.366 e. The van der Waals surface area contributed by atoms with Crippen LogP contribution >= 0.6 is 0 Å². The van der Waals surface area contributed by atoms with Gasteiger partial charge < -0.3 is 5.73 Å². The van der Waals surface area contributed by atoms with Crippen molar-refractivity contribution in [1.82, 2.24) is 4.31 Å². The standard InChI is InChI=1S/C19H18N2O3S/c1-21(13-14-6-8-16(9-7-14)19(20)22)25(23,24)18-11-10-15-4-2-3-5-17(15)12-18/h2-12H,13H2,1H3,(H2,20,22). The maximum Gasteiger partial charge on any atom is 0.248 e. The zero-order chi connectivity index (χ0) is 18.0. The van der Waals surface area contributed by atoms with E-state index >= 15 is 0 Å². The Morgan fingerprint density at radius 1 is 0.960 bits per heavy atom. The molecule has 0 unspecified atom stereocenters. The van der Waals surface area contributed by atoms with E-state index < -0.39 is 15.9 Å². The van der Waals surface area contributed by atoms with Crippen LogP contribution in [0.4, 0.5) is 0 Å². The van der Waals surface area contributed by atoms with Gasteiger partial charge in [0.1, 0.15) is 0 Å². The third-order valence-corrected chi connectivity index (χ3v) is 5.87. The van der Waals surface area contributed by atoms with Gasteiger partial charge in [-0.25, -0.2) is 8.42 Å². The number of fused-ring (bicyclic) bond motifs is 1. The molecule has 0 aliphatic carbocycles. The van der Waals surface area contributed by atoms with E-state index in [1.807, 2.05) is 24.3 Å². The van der Waals surface area contributed by atoms with Crippen molar-refractivity contribution in [2.45, 2.75) is 11.4 Å². The second-order valence-electron chi connectivity index (χ2n) is 5.83. The molecule has 6 heteroatoms. The summed E-state index contributed by atoms with van der Waals surface area (Å²) in [5, 5.41) is 1.87. The molecule has 128 valence electrons. The number of primary amides is 1. The Balaban J connectivity index is 1.86. The highest BCUT2D eigenvalue weighted by atomic mass is 32.2. The van der Waals surface area contributed by atoms with Gasteiger partial charge >= 0.3 is 0 Å². The first-order valence-electron chi connectivity index (χ1n) is 7.72. The van der Waals surface area contributed by atoms with Gasteiger partial charge in [0.15, 0.2) is 0 Å². The van der Waals surface area contributed by atoms with Gasteiger partial charge in [0.2, 0.25) is 15.9 Å². The number of hydrogen-bond donors (Lipinski definition) is 1. The maximum absolute atomic E-state index is 12.8. The lowest BCUT2D eigenvalue weighted by Gasteiger charge is -2.18. The normalized spacial score (nSPS) is 11.8. The van der Waals surface area contributed by atoms with Crippen LogP contribution in [0, 0.1) is 0 Å². The van der Waals surface area contributed by atoms with Crippen molar-refractivity contribution in [2.24, 2.45) is 5.73 Å². The number of carbonyl (C=O) groups excluding carboxylic acids is 1. The van der Waals surface area contributed by atoms with E-state index in [0.29, 0.717) is 5.56 Å². The monoisotopic (exact) mass is 354 g/mol. The number of carbonyl (C=O) groups is 1. The van der Waals surface area contributed by atoms with Gasteiger partial charge in [-0.3, -0.25) is 4.79 Å². The molecule has 2 N–H and O–H groups in total. The number of sulfonamides is 1. The van der Waals surface area contributed by atoms with Crippen LogP contribution in [0.3, 0.4) is 0 Å². The lowest BCUT2D eigenvalue weighted by Crippen LogP contribution is -2.26. The molecule has 5 nitrogen and oxygen atoms in total. The molecule has 3 rings (SSSR count). The molecule has 0 spiro atoms. The van der Waals surface area contributed by atoms with Gasteiger partial charge in [0, 0.05) is 19.2 Å². The lowest BCUT2D eigenvalue weighted by molar-refractivity contribution is 0.1000. The van der Waals surface area contributed by atoms with Crippen molar-refractivity contribution in [3.05, 3.63) is 77.9 Å². The predicted molar refractivity (Wildman–Crippen MR) is 97.6 cm³/mol. The van der Waals surface area contributed by atoms with Gasteiger partial charge in [-0.2, -0.15) is 4.31 Å². The number of nitrogens with zero attached hydrogens (tertiary/aromatic N) is 1. The summed E-state index contributed by atoms with van der Waals surface area (Å²) in [6.07, 6.45) is 0. The maximum atomic E-state index is 12.8. The Morgan fingerprint density at radius 3 is 2.24 bits per heavy atom. The molecule has 25 heavy (non-hydrogen) atoms. The van der Waals surface area contributed by atoms with Crippen molar-refractivity contribution in [3.8, 4) is 0 Å². The first kappa shape index (κ1) is 17.1. The third-order valence-electron chi connectivity index (χ3n) is 4.07. The fourth-order valence-corrected chi connectivity index (χ4v) is 3.82. The highest BCUT2D eigenvalue weighted by molar-refractivity contribution is 7.89. The van der Waals surface area contributed by atoms with Crippen LogP contribution in [0.25, 0.3) is 10.8 Å². The first-order chi connectivity index (χ1) is 11.9. The van der Waals surface area contributed by atoms with Crippen LogP contribution < -0.4 is 5.73 Å². The zero-order valence-electron chi connectivity index (χ0n) is 13.7. The molecule has 0 saturated carbocycles. The van der Waals surface area contributed by atoms with Crippen molar-refractivity contribution in [2.75, 3.05) is 7.05 Å². The fourth-order valence-electron chi connectivity index (χ4n) is 2.62. The Kier molecular flexibility index (Phi) is 4.57. The summed E-state index contributed by atoms with van der Waals surface area (Å²) in [5.74, 6) is -0.510. The van der Waals surface area contributed by atoms with Crippen molar-refractivity contribution in [3.63, 3.8) is 0 Å². The first-order valence-corrected chi connectivity index (χ1v) is 9.16. The van der Waals surface area contributed by atoms with E-state index in [9.17, 15) is 13.2 Å². The summed E-state index contributed by atoms with van der Waals surface area (Å²) in [7, 11) is -2.08. The molecule has 0 bridgehead atoms. The number of hydrogen-bond acceptors (Lipinski definition) is 3. The lowest BCUT2D eigenvalue weighted by atomic mass is 10.1. The summed E-state index contributed by atoms with van der Waals surface area (Å²) in [4.78, 5) is 11.4. The fraction of sp³-hybridized carbons (Fsp3) is 0.105. The summed E-state index contributed by atoms with van der Waals surface area (Å²) < 4.78 is 26.9. The Morgan fingerprint density at radius 2 is 1.60 bits per heavy atom. The van der Waals surface area contributed by atoms with E-state index in [1.165, 1.54) is 11.4 Å². The van der Waals surface area contributed by atoms with Crippen molar-refractivity contribution >= 4 is 26.7 Å². The molecule has 3 aromatic carbocycles. The van der Waals surface area contributed by atoms with E-state index in [-0.39, 0.29) is 11.4 Å². The number of benzene rings is 3. The van der Waals surface area contributed by atoms with Gasteiger partial charge in [-0.05, 0) is 40.6 Å². The average Bonchev–Trinajstić information content (AvgIpc) is 2.61. The summed E-state index contributed by atoms with van der Waals surface area (Å²) in [6.45, 7) is 0.203. The molecule has 0 heterocycles. The number of amides is 1. The Bertz CT molecular complexity index is 1030. The predicted octanol–water partition coefficient (Wildman–Crippen LogP) is 2.76. The minimum atomic E-state index is -3.61. The minimum absolute atomic E-state index is 0.203. The van der Waals surface area contributed by atoms with Gasteiger partial charge in [-0.15, -0.1) is 0 Å². The van der Waals surface area contributed by atoms with Gasteiger partial charge in [0.25, 0.3) is 0 Å². The number of rotatable bonds is 5. The van der Waals surface area contributed by atoms with Gasteiger partial charge in [0.05, 0.1) is 4.90 Å². The van der Waals surface area contributed by atoms with Crippen molar-refractivity contribution < 1.29 is 13.2 Å². The summed E-state index contributed by atoms with van der Waals surface area (Å²) in [5.41, 5.74) is 6.38. The van der Waals surface area contributed by atoms with Gasteiger partial charge in [-0.1, -0.05) is 42.5 Å². The molecule has 0 atom stereocenters. The van der Waals surface area contributed by atoms with E-state index in [1.54, 1.807) is 42.5 Å². The van der Waals surface area contributed by atoms with Crippen LogP contribution in [0.15, 0.2) is 71.6 Å². The highest BCUT2D eigenvalue weighted by Crippen LogP contribution is 2.22. The van der Waals surface area contributed by atoms with Crippen LogP contribution in [0.5, 0.6) is 0 Å². The van der Waals surface area contributed by atoms with E-state index in [0.717, 1.165) is 16.3 Å². The number of nitrogens with two attached hydrogens (primary N) is 1. The second-order valence-corrected chi connectivity index (χ2v) is 7.88. The summed E-state index contributed by atoms with van der Waals surface area (Å²) >= 11 is 0. The Labute approximate surface area is 146 Å². The van der Waals surface area contributed by atoms with E-state index in [4.69, 9.17) is 5.73 Å². The SMILES string of the molecule is CN(Cc1ccc(C(N)=O)cc1)S(=O)(=O)c1ccc2ccccc2c1. The molecule has 1 amide bonds. The summed E-state index contributed by atoms with van der Waals surface area (Å²) in [6, 6.07) is 19.3. The molecule has 0 radical (unpaired) electrons. The molecular weight excluding hydrogens is 336 g/mol. The van der Waals surface area contributed by atoms with Crippen LogP contribution in [0.2, 0.25) is 0 Å². The topological polar surface area (TPSA) is 80.5 Å². The largest absolute Gasteiger partial charge is 0.366 e. The second kappa shape index (κ2) is 6.66. The molecule has 0 aliphatic heterocycles. The van der Waals surface area contributed by atoms with Crippen molar-refractivity contribution in [1.29, 1.82) is 0 Å². The quantitative estimate of drug-likeness (QED) is 0.765. The Hall–Kier alpha value is -2.70. The molecular formula is C19H18N2O3S. The zero-order valence-corrected chi connectivity index (χ0v) is 14.5. The van der Waals surface area contributed by atoms with Crippen LogP contribution in [-0.4, -0.2) is 25.7 Å². The van der Waals surface area contributed by atoms with Crippen LogP contribution in [0.1, 0.15) is 15.9 Å². The third kappa shape index (κ3) is 3.55. The highest BCUT2D eigenvalue weighted by Gasteiger charge is 2.21. The smallest absolute Gasteiger partial charge is 0.248 e. The molecule has 0 saturated heterocycles. The van der Waals surface area contributed by atoms with Crippen LogP contribution in [-0.2, 0) is 16.6 Å². The molecule has 0 aliphatic rings. The van der Waals surface area contributed by atoms with E-state index in [2.05, 4.69) is 0 Å². The molecule has 0 fully saturated rings. The average molecular weight is 354 g/mol. The molecule has 3 aromatic rings. The molecule has 0 aromatic heterocycles.